The van der Waals surface area contributed by atoms with Crippen LogP contribution in [0, 0.1) is 12.3 Å². The fourth-order valence-corrected chi connectivity index (χ4v) is 1.55. The van der Waals surface area contributed by atoms with E-state index < -0.39 is 0 Å². The van der Waals surface area contributed by atoms with Crippen LogP contribution in [0.5, 0.6) is 11.5 Å². The Morgan fingerprint density at radius 3 is 3.29 bits per heavy atom. The first kappa shape index (κ1) is 8.96. The number of hydrogen-bond donors (Lipinski definition) is 0. The van der Waals surface area contributed by atoms with E-state index in [1.807, 2.05) is 18.2 Å². The number of aryl methyl sites for hydroxylation is 1. The fourth-order valence-electron chi connectivity index (χ4n) is 1.55. The number of rotatable bonds is 2. The molecule has 14 heavy (non-hydrogen) atoms. The molecular formula is C12H12O2. The Bertz CT molecular complexity index is 363. The van der Waals surface area contributed by atoms with Crippen molar-refractivity contribution in [1.29, 1.82) is 0 Å². The lowest BCUT2D eigenvalue weighted by Gasteiger charge is -2.17. The Kier molecular flexibility index (Phi) is 2.60. The van der Waals surface area contributed by atoms with E-state index in [-0.39, 0.29) is 0 Å². The van der Waals surface area contributed by atoms with Gasteiger partial charge in [0.25, 0.3) is 0 Å². The van der Waals surface area contributed by atoms with Crippen LogP contribution in [0.2, 0.25) is 0 Å². The predicted molar refractivity (Wildman–Crippen MR) is 54.6 cm³/mol. The Balaban J connectivity index is 2.17. The van der Waals surface area contributed by atoms with Crippen LogP contribution < -0.4 is 9.47 Å². The average molecular weight is 188 g/mol. The molecule has 0 fully saturated rings. The van der Waals surface area contributed by atoms with E-state index in [0.717, 1.165) is 30.9 Å². The molecular weight excluding hydrogens is 176 g/mol. The summed E-state index contributed by atoms with van der Waals surface area (Å²) in [7, 11) is 0. The van der Waals surface area contributed by atoms with E-state index in [4.69, 9.17) is 15.9 Å². The molecule has 1 heterocycles. The lowest BCUT2D eigenvalue weighted by atomic mass is 10.1. The smallest absolute Gasteiger partial charge is 0.148 e. The van der Waals surface area contributed by atoms with Crippen LogP contribution in [0.25, 0.3) is 0 Å². The van der Waals surface area contributed by atoms with Crippen LogP contribution in [0.1, 0.15) is 12.0 Å². The highest BCUT2D eigenvalue weighted by Crippen LogP contribution is 2.28. The molecule has 1 aliphatic heterocycles. The van der Waals surface area contributed by atoms with Gasteiger partial charge in [0.2, 0.25) is 0 Å². The molecule has 0 unspecified atom stereocenters. The Morgan fingerprint density at radius 1 is 1.50 bits per heavy atom. The van der Waals surface area contributed by atoms with E-state index in [2.05, 4.69) is 5.92 Å². The first-order valence-electron chi connectivity index (χ1n) is 4.72. The van der Waals surface area contributed by atoms with Crippen molar-refractivity contribution in [1.82, 2.24) is 0 Å². The second-order valence-electron chi connectivity index (χ2n) is 3.21. The number of hydrogen-bond acceptors (Lipinski definition) is 2. The van der Waals surface area contributed by atoms with Gasteiger partial charge < -0.3 is 9.47 Å². The predicted octanol–water partition coefficient (Wildman–Crippen LogP) is 2.02. The topological polar surface area (TPSA) is 18.5 Å². The standard InChI is InChI=1S/C12H12O2/c1-2-7-13-11-5-6-12-10(9-11)4-3-8-14-12/h1,5-6,9H,3-4,7-8H2. The summed E-state index contributed by atoms with van der Waals surface area (Å²) in [6.07, 6.45) is 7.25. The summed E-state index contributed by atoms with van der Waals surface area (Å²) in [6.45, 7) is 1.14. The third-order valence-corrected chi connectivity index (χ3v) is 2.20. The number of ether oxygens (including phenoxy) is 2. The maximum atomic E-state index is 5.49. The SMILES string of the molecule is C#CCOc1ccc2c(c1)CCCO2. The lowest BCUT2D eigenvalue weighted by Crippen LogP contribution is -2.08. The fraction of sp³-hybridized carbons (Fsp3) is 0.333. The van der Waals surface area contributed by atoms with Crippen LogP contribution in [0.15, 0.2) is 18.2 Å². The second-order valence-corrected chi connectivity index (χ2v) is 3.21. The molecule has 2 nitrogen and oxygen atoms in total. The summed E-state index contributed by atoms with van der Waals surface area (Å²) in [4.78, 5) is 0. The van der Waals surface area contributed by atoms with Gasteiger partial charge in [-0.2, -0.15) is 0 Å². The quantitative estimate of drug-likeness (QED) is 0.661. The van der Waals surface area contributed by atoms with Gasteiger partial charge in [0.05, 0.1) is 6.61 Å². The molecule has 0 radical (unpaired) electrons. The van der Waals surface area contributed by atoms with Crippen LogP contribution in [-0.2, 0) is 6.42 Å². The van der Waals surface area contributed by atoms with E-state index in [9.17, 15) is 0 Å². The summed E-state index contributed by atoms with van der Waals surface area (Å²) in [6, 6.07) is 5.84. The number of benzene rings is 1. The van der Waals surface area contributed by atoms with Gasteiger partial charge in [-0.1, -0.05) is 5.92 Å². The van der Waals surface area contributed by atoms with Gasteiger partial charge in [-0.05, 0) is 36.6 Å². The zero-order valence-corrected chi connectivity index (χ0v) is 7.95. The van der Waals surface area contributed by atoms with Crippen molar-refractivity contribution >= 4 is 0 Å². The third kappa shape index (κ3) is 1.82. The van der Waals surface area contributed by atoms with Gasteiger partial charge in [0.1, 0.15) is 18.1 Å². The van der Waals surface area contributed by atoms with Crippen molar-refractivity contribution < 1.29 is 9.47 Å². The molecule has 2 heteroatoms. The van der Waals surface area contributed by atoms with Crippen molar-refractivity contribution in [3.63, 3.8) is 0 Å². The van der Waals surface area contributed by atoms with Crippen LogP contribution in [0.4, 0.5) is 0 Å². The Morgan fingerprint density at radius 2 is 2.43 bits per heavy atom. The summed E-state index contributed by atoms with van der Waals surface area (Å²) < 4.78 is 10.8. The maximum Gasteiger partial charge on any atom is 0.148 e. The third-order valence-electron chi connectivity index (χ3n) is 2.20. The highest BCUT2D eigenvalue weighted by molar-refractivity contribution is 5.41. The van der Waals surface area contributed by atoms with Crippen molar-refractivity contribution in [2.75, 3.05) is 13.2 Å². The highest BCUT2D eigenvalue weighted by Gasteiger charge is 2.10. The summed E-state index contributed by atoms with van der Waals surface area (Å²) in [5.41, 5.74) is 1.21. The molecule has 0 N–H and O–H groups in total. The van der Waals surface area contributed by atoms with Gasteiger partial charge in [0, 0.05) is 0 Å². The molecule has 0 bridgehead atoms. The molecule has 2 rings (SSSR count). The number of fused-ring (bicyclic) bond motifs is 1. The van der Waals surface area contributed by atoms with Gasteiger partial charge in [-0.15, -0.1) is 6.42 Å². The minimum Gasteiger partial charge on any atom is -0.493 e. The molecule has 0 aliphatic carbocycles. The van der Waals surface area contributed by atoms with Gasteiger partial charge >= 0.3 is 0 Å². The highest BCUT2D eigenvalue weighted by atomic mass is 16.5. The van der Waals surface area contributed by atoms with Gasteiger partial charge in [-0.3, -0.25) is 0 Å². The van der Waals surface area contributed by atoms with Gasteiger partial charge in [0.15, 0.2) is 0 Å². The molecule has 0 saturated heterocycles. The molecule has 1 aromatic rings. The van der Waals surface area contributed by atoms with Crippen LogP contribution >= 0.6 is 0 Å². The molecule has 1 aliphatic rings. The second kappa shape index (κ2) is 4.06. The normalized spacial score (nSPS) is 13.6. The lowest BCUT2D eigenvalue weighted by molar-refractivity contribution is 0.286. The summed E-state index contributed by atoms with van der Waals surface area (Å²) >= 11 is 0. The van der Waals surface area contributed by atoms with Crippen molar-refractivity contribution in [2.45, 2.75) is 12.8 Å². The zero-order valence-electron chi connectivity index (χ0n) is 7.95. The van der Waals surface area contributed by atoms with Crippen LogP contribution in [0.3, 0.4) is 0 Å². The Hall–Kier alpha value is -1.62. The minimum atomic E-state index is 0.319. The average Bonchev–Trinajstić information content (AvgIpc) is 2.26. The van der Waals surface area contributed by atoms with Crippen LogP contribution in [-0.4, -0.2) is 13.2 Å². The van der Waals surface area contributed by atoms with Gasteiger partial charge in [-0.25, -0.2) is 0 Å². The molecule has 0 spiro atoms. The van der Waals surface area contributed by atoms with E-state index in [0.29, 0.717) is 6.61 Å². The van der Waals surface area contributed by atoms with Crippen molar-refractivity contribution in [3.8, 4) is 23.8 Å². The molecule has 0 amide bonds. The monoisotopic (exact) mass is 188 g/mol. The van der Waals surface area contributed by atoms with Crippen molar-refractivity contribution in [3.05, 3.63) is 23.8 Å². The zero-order chi connectivity index (χ0) is 9.80. The number of terminal acetylenes is 1. The maximum absolute atomic E-state index is 5.49. The van der Waals surface area contributed by atoms with E-state index in [1.165, 1.54) is 5.56 Å². The summed E-state index contributed by atoms with van der Waals surface area (Å²) in [5.74, 6) is 4.25. The molecule has 0 aromatic heterocycles. The first-order valence-corrected chi connectivity index (χ1v) is 4.72. The Labute approximate surface area is 83.8 Å². The summed E-state index contributed by atoms with van der Waals surface area (Å²) in [5, 5.41) is 0. The minimum absolute atomic E-state index is 0.319. The van der Waals surface area contributed by atoms with Crippen molar-refractivity contribution in [2.24, 2.45) is 0 Å². The largest absolute Gasteiger partial charge is 0.493 e. The van der Waals surface area contributed by atoms with E-state index in [1.54, 1.807) is 0 Å². The van der Waals surface area contributed by atoms with E-state index >= 15 is 0 Å². The first-order chi connectivity index (χ1) is 6.90. The molecule has 72 valence electrons. The molecule has 0 saturated carbocycles. The molecule has 1 aromatic carbocycles. The molecule has 0 atom stereocenters.